The molecule has 0 unspecified atom stereocenters. The molecule has 2 aromatic heterocycles. The van der Waals surface area contributed by atoms with Crippen LogP contribution in [-0.4, -0.2) is 28.7 Å². The monoisotopic (exact) mass is 404 g/mol. The molecule has 1 aliphatic rings. The zero-order valence-electron chi connectivity index (χ0n) is 16.0. The van der Waals surface area contributed by atoms with Gasteiger partial charge in [-0.05, 0) is 54.7 Å². The van der Waals surface area contributed by atoms with Gasteiger partial charge >= 0.3 is 6.01 Å². The second-order valence-electron chi connectivity index (χ2n) is 7.06. The summed E-state index contributed by atoms with van der Waals surface area (Å²) in [6.45, 7) is 0.720. The second kappa shape index (κ2) is 7.67. The minimum Gasteiger partial charge on any atom is -0.497 e. The summed E-state index contributed by atoms with van der Waals surface area (Å²) in [5.74, 6) is 1.53. The van der Waals surface area contributed by atoms with Gasteiger partial charge in [-0.2, -0.15) is 0 Å². The SMILES string of the molecule is COc1ccc2nc(Nc3ccc(-c4cnc(OCC5CC5)nc4)cc3)sc2c1. The van der Waals surface area contributed by atoms with Crippen LogP contribution in [0.2, 0.25) is 0 Å². The Kier molecular flexibility index (Phi) is 4.73. The molecule has 1 N–H and O–H groups in total. The van der Waals surface area contributed by atoms with E-state index in [0.717, 1.165) is 44.5 Å². The van der Waals surface area contributed by atoms with Crippen molar-refractivity contribution >= 4 is 32.4 Å². The van der Waals surface area contributed by atoms with Gasteiger partial charge in [0, 0.05) is 23.6 Å². The number of hydrogen-bond donors (Lipinski definition) is 1. The highest BCUT2D eigenvalue weighted by molar-refractivity contribution is 7.22. The molecule has 1 fully saturated rings. The van der Waals surface area contributed by atoms with Gasteiger partial charge in [-0.15, -0.1) is 0 Å². The molecule has 29 heavy (non-hydrogen) atoms. The van der Waals surface area contributed by atoms with Crippen LogP contribution in [0.1, 0.15) is 12.8 Å². The van der Waals surface area contributed by atoms with Gasteiger partial charge in [0.15, 0.2) is 5.13 Å². The van der Waals surface area contributed by atoms with E-state index in [4.69, 9.17) is 9.47 Å². The lowest BCUT2D eigenvalue weighted by molar-refractivity contribution is 0.276. The van der Waals surface area contributed by atoms with Crippen molar-refractivity contribution in [3.8, 4) is 22.9 Å². The highest BCUT2D eigenvalue weighted by atomic mass is 32.1. The van der Waals surface area contributed by atoms with Crippen molar-refractivity contribution in [2.24, 2.45) is 5.92 Å². The van der Waals surface area contributed by atoms with Gasteiger partial charge in [0.05, 0.1) is 23.9 Å². The Hall–Kier alpha value is -3.19. The van der Waals surface area contributed by atoms with Crippen LogP contribution in [0.4, 0.5) is 10.8 Å². The molecule has 5 rings (SSSR count). The average Bonchev–Trinajstić information content (AvgIpc) is 3.51. The van der Waals surface area contributed by atoms with E-state index >= 15 is 0 Å². The van der Waals surface area contributed by atoms with Crippen LogP contribution in [0.25, 0.3) is 21.3 Å². The summed E-state index contributed by atoms with van der Waals surface area (Å²) in [4.78, 5) is 13.3. The Morgan fingerprint density at radius 2 is 1.83 bits per heavy atom. The molecule has 1 saturated carbocycles. The normalized spacial score (nSPS) is 13.4. The largest absolute Gasteiger partial charge is 0.497 e. The van der Waals surface area contributed by atoms with E-state index in [1.165, 1.54) is 12.8 Å². The molecule has 2 aromatic carbocycles. The third-order valence-electron chi connectivity index (χ3n) is 4.84. The van der Waals surface area contributed by atoms with Crippen molar-refractivity contribution in [2.45, 2.75) is 12.8 Å². The predicted molar refractivity (Wildman–Crippen MR) is 115 cm³/mol. The number of aromatic nitrogens is 3. The minimum absolute atomic E-state index is 0.450. The van der Waals surface area contributed by atoms with E-state index in [0.29, 0.717) is 11.9 Å². The first-order valence-electron chi connectivity index (χ1n) is 9.54. The Labute approximate surface area is 172 Å². The molecule has 0 amide bonds. The van der Waals surface area contributed by atoms with Crippen LogP contribution < -0.4 is 14.8 Å². The maximum absolute atomic E-state index is 5.60. The van der Waals surface area contributed by atoms with E-state index in [-0.39, 0.29) is 0 Å². The number of fused-ring (bicyclic) bond motifs is 1. The van der Waals surface area contributed by atoms with Gasteiger partial charge in [-0.25, -0.2) is 15.0 Å². The second-order valence-corrected chi connectivity index (χ2v) is 8.09. The Morgan fingerprint density at radius 3 is 2.55 bits per heavy atom. The average molecular weight is 404 g/mol. The highest BCUT2D eigenvalue weighted by Crippen LogP contribution is 2.32. The number of thiazole rings is 1. The number of anilines is 2. The fourth-order valence-corrected chi connectivity index (χ4v) is 3.89. The molecule has 2 heterocycles. The molecule has 4 aromatic rings. The summed E-state index contributed by atoms with van der Waals surface area (Å²) >= 11 is 1.60. The fourth-order valence-electron chi connectivity index (χ4n) is 2.97. The zero-order chi connectivity index (χ0) is 19.6. The number of nitrogens with zero attached hydrogens (tertiary/aromatic N) is 3. The van der Waals surface area contributed by atoms with Crippen LogP contribution in [0, 0.1) is 5.92 Å². The lowest BCUT2D eigenvalue weighted by Gasteiger charge is -2.06. The molecule has 0 radical (unpaired) electrons. The fraction of sp³-hybridized carbons (Fsp3) is 0.227. The van der Waals surface area contributed by atoms with E-state index < -0.39 is 0 Å². The van der Waals surface area contributed by atoms with Crippen molar-refractivity contribution < 1.29 is 9.47 Å². The van der Waals surface area contributed by atoms with E-state index in [9.17, 15) is 0 Å². The highest BCUT2D eigenvalue weighted by Gasteiger charge is 2.22. The summed E-state index contributed by atoms with van der Waals surface area (Å²) in [6.07, 6.45) is 6.12. The van der Waals surface area contributed by atoms with Crippen molar-refractivity contribution in [3.63, 3.8) is 0 Å². The van der Waals surface area contributed by atoms with Crippen LogP contribution >= 0.6 is 11.3 Å². The molecule has 0 atom stereocenters. The Bertz CT molecular complexity index is 1120. The topological polar surface area (TPSA) is 69.2 Å². The zero-order valence-corrected chi connectivity index (χ0v) is 16.8. The van der Waals surface area contributed by atoms with E-state index in [2.05, 4.69) is 20.3 Å². The van der Waals surface area contributed by atoms with Crippen LogP contribution in [0.5, 0.6) is 11.8 Å². The first-order valence-corrected chi connectivity index (χ1v) is 10.4. The molecule has 0 spiro atoms. The third-order valence-corrected chi connectivity index (χ3v) is 5.77. The molecule has 146 valence electrons. The molecule has 6 nitrogen and oxygen atoms in total. The van der Waals surface area contributed by atoms with Gasteiger partial charge in [0.25, 0.3) is 0 Å². The Morgan fingerprint density at radius 1 is 1.03 bits per heavy atom. The smallest absolute Gasteiger partial charge is 0.316 e. The summed E-state index contributed by atoms with van der Waals surface area (Å²) < 4.78 is 12.0. The quantitative estimate of drug-likeness (QED) is 0.451. The van der Waals surface area contributed by atoms with Crippen LogP contribution in [-0.2, 0) is 0 Å². The minimum atomic E-state index is 0.450. The number of methoxy groups -OCH3 is 1. The van der Waals surface area contributed by atoms with Crippen LogP contribution in [0.3, 0.4) is 0 Å². The summed E-state index contributed by atoms with van der Waals surface area (Å²) in [5.41, 5.74) is 3.95. The summed E-state index contributed by atoms with van der Waals surface area (Å²) in [5, 5.41) is 4.22. The maximum atomic E-state index is 5.60. The van der Waals surface area contributed by atoms with Crippen molar-refractivity contribution in [1.29, 1.82) is 0 Å². The van der Waals surface area contributed by atoms with Crippen molar-refractivity contribution in [3.05, 3.63) is 54.9 Å². The maximum Gasteiger partial charge on any atom is 0.316 e. The van der Waals surface area contributed by atoms with E-state index in [1.807, 2.05) is 42.5 Å². The van der Waals surface area contributed by atoms with Crippen molar-refractivity contribution in [1.82, 2.24) is 15.0 Å². The Balaban J connectivity index is 1.27. The lowest BCUT2D eigenvalue weighted by Crippen LogP contribution is -2.02. The van der Waals surface area contributed by atoms with Crippen molar-refractivity contribution in [2.75, 3.05) is 19.0 Å². The molecule has 0 bridgehead atoms. The molecule has 0 aliphatic heterocycles. The lowest BCUT2D eigenvalue weighted by atomic mass is 10.1. The molecular formula is C22H20N4O2S. The van der Waals surface area contributed by atoms with Gasteiger partial charge in [0.2, 0.25) is 0 Å². The van der Waals surface area contributed by atoms with Gasteiger partial charge in [0.1, 0.15) is 5.75 Å². The number of rotatable bonds is 7. The molecular weight excluding hydrogens is 384 g/mol. The molecule has 1 aliphatic carbocycles. The van der Waals surface area contributed by atoms with Crippen LogP contribution in [0.15, 0.2) is 54.9 Å². The number of hydrogen-bond acceptors (Lipinski definition) is 7. The first-order chi connectivity index (χ1) is 14.3. The predicted octanol–water partition coefficient (Wildman–Crippen LogP) is 5.29. The third kappa shape index (κ3) is 4.14. The van der Waals surface area contributed by atoms with Gasteiger partial charge < -0.3 is 14.8 Å². The summed E-state index contributed by atoms with van der Waals surface area (Å²) in [6, 6.07) is 14.5. The number of nitrogens with one attached hydrogen (secondary N) is 1. The van der Waals surface area contributed by atoms with E-state index in [1.54, 1.807) is 30.8 Å². The number of benzene rings is 2. The molecule has 0 saturated heterocycles. The standard InChI is InChI=1S/C22H20N4O2S/c1-27-18-8-9-19-20(10-18)29-22(26-19)25-17-6-4-15(5-7-17)16-11-23-21(24-12-16)28-13-14-2-3-14/h4-12,14H,2-3,13H2,1H3,(H,25,26). The van der Waals surface area contributed by atoms with Gasteiger partial charge in [-0.3, -0.25) is 0 Å². The van der Waals surface area contributed by atoms with Gasteiger partial charge in [-0.1, -0.05) is 23.5 Å². The number of ether oxygens (including phenoxy) is 2. The summed E-state index contributed by atoms with van der Waals surface area (Å²) in [7, 11) is 1.67. The molecule has 7 heteroatoms. The first kappa shape index (κ1) is 17.9.